The highest BCUT2D eigenvalue weighted by Crippen LogP contribution is 2.33. The molecule has 0 heterocycles. The summed E-state index contributed by atoms with van der Waals surface area (Å²) in [6, 6.07) is 3.02. The summed E-state index contributed by atoms with van der Waals surface area (Å²) in [4.78, 5) is 0. The zero-order valence-electron chi connectivity index (χ0n) is 8.24. The van der Waals surface area contributed by atoms with Crippen molar-refractivity contribution in [3.63, 3.8) is 0 Å². The number of halogens is 5. The van der Waals surface area contributed by atoms with E-state index in [1.165, 1.54) is 6.07 Å². The molecule has 0 aliphatic rings. The summed E-state index contributed by atoms with van der Waals surface area (Å²) < 4.78 is 48.6. The van der Waals surface area contributed by atoms with E-state index in [4.69, 9.17) is 11.6 Å². The van der Waals surface area contributed by atoms with E-state index in [0.717, 1.165) is 12.1 Å². The summed E-state index contributed by atoms with van der Waals surface area (Å²) in [5.74, 6) is 0. The zero-order chi connectivity index (χ0) is 12.2. The lowest BCUT2D eigenvalue weighted by molar-refractivity contribution is -0.137. The molecule has 0 aromatic heterocycles. The standard InChI is InChI=1S/C10H10ClF4N/c11-8-6-7(10(13,14)15)2-3-9(8)16-5-1-4-12/h2-3,6,16H,1,4-5H2. The Kier molecular flexibility index (Phi) is 4.41. The molecule has 1 nitrogen and oxygen atoms in total. The number of hydrogen-bond donors (Lipinski definition) is 1. The third kappa shape index (κ3) is 3.56. The molecule has 0 spiro atoms. The minimum absolute atomic E-state index is 0.0197. The molecule has 1 N–H and O–H groups in total. The highest BCUT2D eigenvalue weighted by atomic mass is 35.5. The molecule has 0 saturated heterocycles. The first kappa shape index (κ1) is 13.1. The van der Waals surface area contributed by atoms with Gasteiger partial charge in [-0.2, -0.15) is 13.2 Å². The SMILES string of the molecule is FCCCNc1ccc(C(F)(F)F)cc1Cl. The van der Waals surface area contributed by atoms with Gasteiger partial charge in [-0.05, 0) is 24.6 Å². The zero-order valence-corrected chi connectivity index (χ0v) is 9.00. The molecule has 90 valence electrons. The van der Waals surface area contributed by atoms with Crippen molar-refractivity contribution in [2.45, 2.75) is 12.6 Å². The van der Waals surface area contributed by atoms with Crippen LogP contribution in [0.4, 0.5) is 23.2 Å². The van der Waals surface area contributed by atoms with Crippen LogP contribution in [0, 0.1) is 0 Å². The average molecular weight is 256 g/mol. The van der Waals surface area contributed by atoms with Gasteiger partial charge in [0.25, 0.3) is 0 Å². The second-order valence-corrected chi connectivity index (χ2v) is 3.57. The first-order valence-electron chi connectivity index (χ1n) is 4.61. The molecule has 0 fully saturated rings. The Morgan fingerprint density at radius 3 is 2.44 bits per heavy atom. The molecule has 0 aliphatic heterocycles. The predicted octanol–water partition coefficient (Wildman–Crippen LogP) is 4.13. The maximum Gasteiger partial charge on any atom is 0.416 e. The quantitative estimate of drug-likeness (QED) is 0.630. The van der Waals surface area contributed by atoms with E-state index in [1.54, 1.807) is 0 Å². The van der Waals surface area contributed by atoms with Gasteiger partial charge in [-0.15, -0.1) is 0 Å². The Morgan fingerprint density at radius 1 is 1.25 bits per heavy atom. The van der Waals surface area contributed by atoms with Crippen LogP contribution in [0.5, 0.6) is 0 Å². The summed E-state index contributed by atoms with van der Waals surface area (Å²) in [5.41, 5.74) is -0.420. The van der Waals surface area contributed by atoms with Crippen molar-refractivity contribution < 1.29 is 17.6 Å². The molecule has 0 atom stereocenters. The van der Waals surface area contributed by atoms with Crippen LogP contribution in [-0.2, 0) is 6.18 Å². The second-order valence-electron chi connectivity index (χ2n) is 3.16. The van der Waals surface area contributed by atoms with Gasteiger partial charge < -0.3 is 5.32 Å². The van der Waals surface area contributed by atoms with E-state index in [0.29, 0.717) is 12.2 Å². The normalized spacial score (nSPS) is 11.6. The van der Waals surface area contributed by atoms with E-state index in [2.05, 4.69) is 5.32 Å². The lowest BCUT2D eigenvalue weighted by Gasteiger charge is -2.11. The molecule has 16 heavy (non-hydrogen) atoms. The number of rotatable bonds is 4. The van der Waals surface area contributed by atoms with Crippen molar-refractivity contribution >= 4 is 17.3 Å². The minimum Gasteiger partial charge on any atom is -0.384 e. The summed E-state index contributed by atoms with van der Waals surface area (Å²) in [7, 11) is 0. The van der Waals surface area contributed by atoms with Crippen molar-refractivity contribution in [3.8, 4) is 0 Å². The Bertz CT molecular complexity index is 351. The van der Waals surface area contributed by atoms with Gasteiger partial charge >= 0.3 is 6.18 Å². The lowest BCUT2D eigenvalue weighted by atomic mass is 10.2. The van der Waals surface area contributed by atoms with Crippen molar-refractivity contribution in [1.82, 2.24) is 0 Å². The number of benzene rings is 1. The summed E-state index contributed by atoms with van der Waals surface area (Å²) >= 11 is 5.66. The van der Waals surface area contributed by atoms with Crippen LogP contribution in [0.15, 0.2) is 18.2 Å². The molecule has 0 unspecified atom stereocenters. The van der Waals surface area contributed by atoms with Crippen LogP contribution in [0.3, 0.4) is 0 Å². The largest absolute Gasteiger partial charge is 0.416 e. The minimum atomic E-state index is -4.40. The molecule has 0 amide bonds. The highest BCUT2D eigenvalue weighted by Gasteiger charge is 2.30. The third-order valence-corrected chi connectivity index (χ3v) is 2.23. The van der Waals surface area contributed by atoms with Crippen LogP contribution in [0.25, 0.3) is 0 Å². The number of anilines is 1. The van der Waals surface area contributed by atoms with E-state index in [-0.39, 0.29) is 11.4 Å². The number of hydrogen-bond acceptors (Lipinski definition) is 1. The van der Waals surface area contributed by atoms with E-state index < -0.39 is 18.4 Å². The smallest absolute Gasteiger partial charge is 0.384 e. The van der Waals surface area contributed by atoms with Gasteiger partial charge in [0.05, 0.1) is 22.9 Å². The van der Waals surface area contributed by atoms with Gasteiger partial charge in [-0.1, -0.05) is 11.6 Å². The Labute approximate surface area is 95.4 Å². The van der Waals surface area contributed by atoms with Crippen molar-refractivity contribution in [2.75, 3.05) is 18.5 Å². The second kappa shape index (κ2) is 5.39. The Hall–Kier alpha value is -0.970. The number of nitrogens with one attached hydrogen (secondary N) is 1. The Balaban J connectivity index is 2.76. The summed E-state index contributed by atoms with van der Waals surface area (Å²) in [6.07, 6.45) is -4.11. The fraction of sp³-hybridized carbons (Fsp3) is 0.400. The van der Waals surface area contributed by atoms with Gasteiger partial charge in [0.15, 0.2) is 0 Å². The van der Waals surface area contributed by atoms with Crippen LogP contribution >= 0.6 is 11.6 Å². The van der Waals surface area contributed by atoms with Crippen molar-refractivity contribution in [2.24, 2.45) is 0 Å². The molecule has 6 heteroatoms. The predicted molar refractivity (Wildman–Crippen MR) is 55.5 cm³/mol. The van der Waals surface area contributed by atoms with Crippen molar-refractivity contribution in [3.05, 3.63) is 28.8 Å². The van der Waals surface area contributed by atoms with Crippen LogP contribution in [0.1, 0.15) is 12.0 Å². The average Bonchev–Trinajstić information content (AvgIpc) is 2.19. The topological polar surface area (TPSA) is 12.0 Å². The maximum atomic E-state index is 12.3. The van der Waals surface area contributed by atoms with Gasteiger partial charge in [0.2, 0.25) is 0 Å². The highest BCUT2D eigenvalue weighted by molar-refractivity contribution is 6.33. The summed E-state index contributed by atoms with van der Waals surface area (Å²) in [5, 5.41) is 2.73. The van der Waals surface area contributed by atoms with Crippen molar-refractivity contribution in [1.29, 1.82) is 0 Å². The molecule has 0 aliphatic carbocycles. The number of alkyl halides is 4. The van der Waals surface area contributed by atoms with Crippen LogP contribution in [0.2, 0.25) is 5.02 Å². The fourth-order valence-corrected chi connectivity index (χ4v) is 1.37. The molecule has 0 radical (unpaired) electrons. The maximum absolute atomic E-state index is 12.3. The Morgan fingerprint density at radius 2 is 1.94 bits per heavy atom. The fourth-order valence-electron chi connectivity index (χ4n) is 1.12. The lowest BCUT2D eigenvalue weighted by Crippen LogP contribution is -2.07. The van der Waals surface area contributed by atoms with Gasteiger partial charge in [-0.3, -0.25) is 4.39 Å². The molecule has 1 aromatic rings. The van der Waals surface area contributed by atoms with E-state index >= 15 is 0 Å². The van der Waals surface area contributed by atoms with E-state index in [1.807, 2.05) is 0 Å². The van der Waals surface area contributed by atoms with Crippen LogP contribution < -0.4 is 5.32 Å². The van der Waals surface area contributed by atoms with Gasteiger partial charge in [0, 0.05) is 6.54 Å². The molecular formula is C10H10ClF4N. The van der Waals surface area contributed by atoms with Gasteiger partial charge in [0.1, 0.15) is 0 Å². The molecule has 0 bridgehead atoms. The monoisotopic (exact) mass is 255 g/mol. The molecule has 1 rings (SSSR count). The van der Waals surface area contributed by atoms with Gasteiger partial charge in [-0.25, -0.2) is 0 Å². The summed E-state index contributed by atoms with van der Waals surface area (Å²) in [6.45, 7) is -0.146. The third-order valence-electron chi connectivity index (χ3n) is 1.92. The first-order chi connectivity index (χ1) is 7.45. The van der Waals surface area contributed by atoms with Crippen LogP contribution in [-0.4, -0.2) is 13.2 Å². The molecule has 1 aromatic carbocycles. The first-order valence-corrected chi connectivity index (χ1v) is 4.99. The van der Waals surface area contributed by atoms with E-state index in [9.17, 15) is 17.6 Å². The molecular weight excluding hydrogens is 246 g/mol. The molecule has 0 saturated carbocycles.